The zero-order valence-electron chi connectivity index (χ0n) is 20.2. The van der Waals surface area contributed by atoms with Gasteiger partial charge in [-0.05, 0) is 53.0 Å². The summed E-state index contributed by atoms with van der Waals surface area (Å²) < 4.78 is 30.1. The number of benzene rings is 1. The first-order chi connectivity index (χ1) is 16.2. The van der Waals surface area contributed by atoms with E-state index in [9.17, 15) is 8.42 Å². The van der Waals surface area contributed by atoms with E-state index >= 15 is 0 Å². The monoisotopic (exact) mass is 474 g/mol. The van der Waals surface area contributed by atoms with Crippen LogP contribution in [-0.4, -0.2) is 27.2 Å². The van der Waals surface area contributed by atoms with Gasteiger partial charge >= 0.3 is 0 Å². The van der Waals surface area contributed by atoms with E-state index in [4.69, 9.17) is 4.98 Å². The normalized spacial score (nSPS) is 20.1. The molecule has 3 aromatic heterocycles. The number of pyridine rings is 1. The second kappa shape index (κ2) is 7.94. The Hall–Kier alpha value is -3.19. The summed E-state index contributed by atoms with van der Waals surface area (Å²) in [6, 6.07) is 10.6. The third-order valence-corrected chi connectivity index (χ3v) is 9.05. The van der Waals surface area contributed by atoms with Crippen LogP contribution in [0, 0.1) is 17.3 Å². The average Bonchev–Trinajstić information content (AvgIpc) is 3.18. The maximum Gasteiger partial charge on any atom is 0.269 e. The van der Waals surface area contributed by atoms with Gasteiger partial charge in [0.05, 0.1) is 11.1 Å². The maximum absolute atomic E-state index is 13.6. The van der Waals surface area contributed by atoms with E-state index in [0.29, 0.717) is 17.5 Å². The van der Waals surface area contributed by atoms with Crippen molar-refractivity contribution in [3.63, 3.8) is 0 Å². The van der Waals surface area contributed by atoms with Crippen molar-refractivity contribution in [3.05, 3.63) is 72.8 Å². The number of aryl methyl sites for hydroxylation is 1. The van der Waals surface area contributed by atoms with Crippen LogP contribution in [0.25, 0.3) is 27.7 Å². The lowest BCUT2D eigenvalue weighted by Crippen LogP contribution is -2.12. The highest BCUT2D eigenvalue weighted by molar-refractivity contribution is 7.90. The molecular formula is C27H30N4O2S. The van der Waals surface area contributed by atoms with Crippen molar-refractivity contribution in [2.45, 2.75) is 39.0 Å². The minimum Gasteiger partial charge on any atom is -0.275 e. The molecule has 0 spiro atoms. The van der Waals surface area contributed by atoms with Gasteiger partial charge in [-0.3, -0.25) is 4.68 Å². The lowest BCUT2D eigenvalue weighted by atomic mass is 9.95. The van der Waals surface area contributed by atoms with Crippen molar-refractivity contribution in [2.24, 2.45) is 24.3 Å². The van der Waals surface area contributed by atoms with E-state index in [1.165, 1.54) is 9.55 Å². The summed E-state index contributed by atoms with van der Waals surface area (Å²) in [5.74, 6) is 1.05. The molecule has 0 radical (unpaired) electrons. The molecule has 1 fully saturated rings. The van der Waals surface area contributed by atoms with Crippen LogP contribution in [-0.2, 0) is 17.1 Å². The first kappa shape index (κ1) is 22.6. The molecule has 4 aromatic rings. The molecular weight excluding hydrogens is 444 g/mol. The molecule has 1 unspecified atom stereocenters. The fourth-order valence-corrected chi connectivity index (χ4v) is 6.47. The Morgan fingerprint density at radius 1 is 1.15 bits per heavy atom. The second-order valence-corrected chi connectivity index (χ2v) is 11.6. The Labute approximate surface area is 201 Å². The quantitative estimate of drug-likeness (QED) is 0.356. The standard InChI is InChI=1S/C27H30N4O2S/c1-6-10-22(25-18(2)27(25,3)4)19-13-23-24(20-15-29-30(5)16-20)17-31(26(23)28-14-19)34(32,33)21-11-8-7-9-12-21/h7-18,25H,6H2,1-5H3/b22-10-/t18?,25-/m0/s1. The molecule has 7 heteroatoms. The molecule has 34 heavy (non-hydrogen) atoms. The molecule has 1 aliphatic carbocycles. The van der Waals surface area contributed by atoms with E-state index in [0.717, 1.165) is 28.5 Å². The molecule has 3 heterocycles. The van der Waals surface area contributed by atoms with Crippen LogP contribution in [0.2, 0.25) is 0 Å². The number of allylic oxidation sites excluding steroid dienone is 2. The Balaban J connectivity index is 1.74. The van der Waals surface area contributed by atoms with Gasteiger partial charge in [0.25, 0.3) is 10.0 Å². The molecule has 0 saturated heterocycles. The van der Waals surface area contributed by atoms with Crippen LogP contribution in [0.1, 0.15) is 39.7 Å². The summed E-state index contributed by atoms with van der Waals surface area (Å²) in [5.41, 5.74) is 4.67. The second-order valence-electron chi connectivity index (χ2n) is 9.81. The number of nitrogens with zero attached hydrogens (tertiary/aromatic N) is 4. The highest BCUT2D eigenvalue weighted by Crippen LogP contribution is 2.63. The summed E-state index contributed by atoms with van der Waals surface area (Å²) in [4.78, 5) is 4.96. The molecule has 1 aromatic carbocycles. The van der Waals surface area contributed by atoms with Crippen molar-refractivity contribution < 1.29 is 8.42 Å². The third kappa shape index (κ3) is 3.50. The molecule has 0 amide bonds. The fourth-order valence-electron chi connectivity index (χ4n) is 5.13. The van der Waals surface area contributed by atoms with Gasteiger partial charge in [0, 0.05) is 42.2 Å². The largest absolute Gasteiger partial charge is 0.275 e. The Kier molecular flexibility index (Phi) is 5.28. The highest BCUT2D eigenvalue weighted by atomic mass is 32.2. The van der Waals surface area contributed by atoms with Crippen LogP contribution in [0.5, 0.6) is 0 Å². The van der Waals surface area contributed by atoms with Gasteiger partial charge in [-0.25, -0.2) is 17.4 Å². The zero-order valence-corrected chi connectivity index (χ0v) is 21.0. The average molecular weight is 475 g/mol. The minimum absolute atomic E-state index is 0.232. The van der Waals surface area contributed by atoms with Gasteiger partial charge in [-0.1, -0.05) is 52.0 Å². The molecule has 0 bridgehead atoms. The van der Waals surface area contributed by atoms with Crippen molar-refractivity contribution >= 4 is 26.6 Å². The van der Waals surface area contributed by atoms with Gasteiger partial charge < -0.3 is 0 Å². The maximum atomic E-state index is 13.6. The van der Waals surface area contributed by atoms with Crippen LogP contribution >= 0.6 is 0 Å². The predicted molar refractivity (Wildman–Crippen MR) is 136 cm³/mol. The lowest BCUT2D eigenvalue weighted by molar-refractivity contribution is 0.572. The van der Waals surface area contributed by atoms with Gasteiger partial charge in [0.1, 0.15) is 0 Å². The molecule has 176 valence electrons. The first-order valence-electron chi connectivity index (χ1n) is 11.7. The molecule has 6 nitrogen and oxygen atoms in total. The van der Waals surface area contributed by atoms with Crippen LogP contribution in [0.4, 0.5) is 0 Å². The summed E-state index contributed by atoms with van der Waals surface area (Å²) in [6.07, 6.45) is 10.4. The van der Waals surface area contributed by atoms with E-state index in [2.05, 4.69) is 44.9 Å². The van der Waals surface area contributed by atoms with Gasteiger partial charge in [-0.15, -0.1) is 0 Å². The van der Waals surface area contributed by atoms with Crippen LogP contribution in [0.3, 0.4) is 0 Å². The summed E-state index contributed by atoms with van der Waals surface area (Å²) in [5, 5.41) is 5.11. The molecule has 0 N–H and O–H groups in total. The molecule has 0 aliphatic heterocycles. The van der Waals surface area contributed by atoms with E-state index in [1.54, 1.807) is 47.4 Å². The van der Waals surface area contributed by atoms with Crippen molar-refractivity contribution in [1.82, 2.24) is 18.7 Å². The first-order valence-corrected chi connectivity index (χ1v) is 13.1. The summed E-state index contributed by atoms with van der Waals surface area (Å²) >= 11 is 0. The highest BCUT2D eigenvalue weighted by Gasteiger charge is 2.56. The van der Waals surface area contributed by atoms with Crippen molar-refractivity contribution in [3.8, 4) is 11.1 Å². The van der Waals surface area contributed by atoms with Gasteiger partial charge in [0.2, 0.25) is 0 Å². The van der Waals surface area contributed by atoms with Crippen LogP contribution in [0.15, 0.2) is 72.2 Å². The fraction of sp³-hybridized carbons (Fsp3) is 0.333. The molecule has 1 saturated carbocycles. The number of fused-ring (bicyclic) bond motifs is 1. The van der Waals surface area contributed by atoms with Gasteiger partial charge in [0.15, 0.2) is 5.65 Å². The van der Waals surface area contributed by atoms with E-state index in [1.807, 2.05) is 19.4 Å². The Morgan fingerprint density at radius 2 is 1.85 bits per heavy atom. The summed E-state index contributed by atoms with van der Waals surface area (Å²) in [7, 11) is -1.96. The number of rotatable bonds is 6. The molecule has 1 aliphatic rings. The van der Waals surface area contributed by atoms with Crippen molar-refractivity contribution in [1.29, 1.82) is 0 Å². The Bertz CT molecular complexity index is 1510. The topological polar surface area (TPSA) is 69.8 Å². The van der Waals surface area contributed by atoms with Gasteiger partial charge in [-0.2, -0.15) is 5.10 Å². The molecule has 5 rings (SSSR count). The van der Waals surface area contributed by atoms with E-state index < -0.39 is 10.0 Å². The lowest BCUT2D eigenvalue weighted by Gasteiger charge is -2.11. The SMILES string of the molecule is CC/C=C(/c1cnc2c(c1)c(-c1cnn(C)c1)cn2S(=O)(=O)c1ccccc1)[C@@H]1C(C)C1(C)C. The predicted octanol–water partition coefficient (Wildman–Crippen LogP) is 5.76. The number of aromatic nitrogens is 4. The minimum atomic E-state index is -3.81. The zero-order chi connectivity index (χ0) is 24.3. The number of hydrogen-bond donors (Lipinski definition) is 0. The molecule has 2 atom stereocenters. The van der Waals surface area contributed by atoms with Crippen LogP contribution < -0.4 is 0 Å². The summed E-state index contributed by atoms with van der Waals surface area (Å²) in [6.45, 7) is 9.06. The smallest absolute Gasteiger partial charge is 0.269 e. The number of hydrogen-bond acceptors (Lipinski definition) is 4. The van der Waals surface area contributed by atoms with Crippen molar-refractivity contribution in [2.75, 3.05) is 0 Å². The third-order valence-electron chi connectivity index (χ3n) is 7.39. The Morgan fingerprint density at radius 3 is 2.44 bits per heavy atom. The van der Waals surface area contributed by atoms with E-state index in [-0.39, 0.29) is 10.3 Å².